The van der Waals surface area contributed by atoms with Gasteiger partial charge in [0.25, 0.3) is 0 Å². The maximum Gasteiger partial charge on any atom is -0.0265 e. The van der Waals surface area contributed by atoms with Crippen LogP contribution in [0, 0.1) is 29.1 Å². The van der Waals surface area contributed by atoms with Gasteiger partial charge in [-0.1, -0.05) is 177 Å². The molecule has 2 rings (SSSR count). The molecule has 210 valence electrons. The topological polar surface area (TPSA) is 0 Å². The molecule has 0 aromatic carbocycles. The van der Waals surface area contributed by atoms with Crippen molar-refractivity contribution in [3.8, 4) is 0 Å². The molecule has 0 aromatic rings. The molecule has 4 atom stereocenters. The van der Waals surface area contributed by atoms with Crippen molar-refractivity contribution in [3.63, 3.8) is 0 Å². The first-order valence-electron chi connectivity index (χ1n) is 16.4. The second kappa shape index (κ2) is 22.9. The van der Waals surface area contributed by atoms with Crippen molar-refractivity contribution >= 4 is 0 Å². The first-order valence-corrected chi connectivity index (χ1v) is 16.4. The van der Waals surface area contributed by atoms with Crippen LogP contribution in [0.4, 0.5) is 0 Å². The highest BCUT2D eigenvalue weighted by Crippen LogP contribution is 2.39. The van der Waals surface area contributed by atoms with Gasteiger partial charge in [0.2, 0.25) is 0 Å². The van der Waals surface area contributed by atoms with Gasteiger partial charge in [-0.15, -0.1) is 0 Å². The van der Waals surface area contributed by atoms with E-state index in [0.717, 1.165) is 23.7 Å². The Hall–Kier alpha value is -0.260. The third kappa shape index (κ3) is 20.5. The molecule has 0 nitrogen and oxygen atoms in total. The van der Waals surface area contributed by atoms with Gasteiger partial charge in [0, 0.05) is 0 Å². The summed E-state index contributed by atoms with van der Waals surface area (Å²) in [5.41, 5.74) is 0.637. The van der Waals surface area contributed by atoms with Crippen molar-refractivity contribution in [3.05, 3.63) is 12.2 Å². The molecule has 2 saturated carbocycles. The molecule has 0 spiro atoms. The largest absolute Gasteiger partial charge is 0.0883 e. The molecule has 0 heterocycles. The van der Waals surface area contributed by atoms with Gasteiger partial charge in [-0.2, -0.15) is 0 Å². The van der Waals surface area contributed by atoms with E-state index >= 15 is 0 Å². The summed E-state index contributed by atoms with van der Waals surface area (Å²) < 4.78 is 0. The predicted molar refractivity (Wildman–Crippen MR) is 163 cm³/mol. The minimum absolute atomic E-state index is 0.637. The SMILES string of the molecule is CC1CCCCC1(C)C.CC1CCCCC1C.CCCCCCCCCCCC/C=C/C(C)CC. The highest BCUT2D eigenvalue weighted by molar-refractivity contribution is 4.85. The van der Waals surface area contributed by atoms with Crippen LogP contribution in [-0.4, -0.2) is 0 Å². The lowest BCUT2D eigenvalue weighted by Gasteiger charge is -2.36. The summed E-state index contributed by atoms with van der Waals surface area (Å²) in [4.78, 5) is 0. The summed E-state index contributed by atoms with van der Waals surface area (Å²) in [6, 6.07) is 0. The van der Waals surface area contributed by atoms with Crippen LogP contribution in [0.15, 0.2) is 12.2 Å². The van der Waals surface area contributed by atoms with Crippen molar-refractivity contribution in [2.24, 2.45) is 29.1 Å². The van der Waals surface area contributed by atoms with Gasteiger partial charge in [0.1, 0.15) is 0 Å². The standard InChI is InChI=1S/C18H36.C9H18.C8H16/c1-4-6-7-8-9-10-11-12-13-14-15-16-17-18(3)5-2;1-8-6-4-5-7-9(8,2)3;1-7-5-3-4-6-8(7)2/h16-18H,4-15H2,1-3H3;8H,4-7H2,1-3H3;7-8H,3-6H2,1-2H3/b17-16+;;. The molecule has 0 aromatic heterocycles. The quantitative estimate of drug-likeness (QED) is 0.178. The van der Waals surface area contributed by atoms with Gasteiger partial charge in [-0.25, -0.2) is 0 Å². The highest BCUT2D eigenvalue weighted by Gasteiger charge is 2.28. The second-order valence-electron chi connectivity index (χ2n) is 13.2. The van der Waals surface area contributed by atoms with E-state index in [1.807, 2.05) is 0 Å². The predicted octanol–water partition coefficient (Wildman–Crippen LogP) is 13.0. The molecule has 2 aliphatic rings. The molecule has 35 heavy (non-hydrogen) atoms. The summed E-state index contributed by atoms with van der Waals surface area (Å²) in [5.74, 6) is 3.73. The molecule has 2 fully saturated rings. The molecule has 0 saturated heterocycles. The number of unbranched alkanes of at least 4 members (excludes halogenated alkanes) is 10. The van der Waals surface area contributed by atoms with E-state index in [0.29, 0.717) is 5.41 Å². The molecule has 4 unspecified atom stereocenters. The van der Waals surface area contributed by atoms with E-state index in [-0.39, 0.29) is 0 Å². The van der Waals surface area contributed by atoms with E-state index < -0.39 is 0 Å². The number of hydrogen-bond donors (Lipinski definition) is 0. The smallest absolute Gasteiger partial charge is 0.0265 e. The summed E-state index contributed by atoms with van der Waals surface area (Å²) in [7, 11) is 0. The van der Waals surface area contributed by atoms with Crippen molar-refractivity contribution in [2.75, 3.05) is 0 Å². The number of allylic oxidation sites excluding steroid dienone is 2. The zero-order chi connectivity index (χ0) is 26.4. The third-order valence-corrected chi connectivity index (χ3v) is 9.42. The average Bonchev–Trinajstić information content (AvgIpc) is 2.84. The summed E-state index contributed by atoms with van der Waals surface area (Å²) in [6.07, 6.45) is 33.4. The highest BCUT2D eigenvalue weighted by atomic mass is 14.3. The lowest BCUT2D eigenvalue weighted by molar-refractivity contribution is 0.154. The van der Waals surface area contributed by atoms with Crippen LogP contribution in [0.3, 0.4) is 0 Å². The van der Waals surface area contributed by atoms with Gasteiger partial charge in [-0.05, 0) is 48.3 Å². The van der Waals surface area contributed by atoms with Crippen LogP contribution < -0.4 is 0 Å². The van der Waals surface area contributed by atoms with Crippen LogP contribution in [0.1, 0.15) is 184 Å². The molecule has 0 radical (unpaired) electrons. The van der Waals surface area contributed by atoms with Crippen molar-refractivity contribution < 1.29 is 0 Å². The Morgan fingerprint density at radius 3 is 1.57 bits per heavy atom. The first kappa shape index (κ1) is 34.7. The normalized spacial score (nSPS) is 24.7. The molecular weight excluding hydrogens is 420 g/mol. The summed E-state index contributed by atoms with van der Waals surface area (Å²) >= 11 is 0. The lowest BCUT2D eigenvalue weighted by atomic mass is 9.70. The van der Waals surface area contributed by atoms with Crippen LogP contribution in [-0.2, 0) is 0 Å². The van der Waals surface area contributed by atoms with E-state index in [4.69, 9.17) is 0 Å². The monoisotopic (exact) mass is 491 g/mol. The molecule has 0 bridgehead atoms. The lowest BCUT2D eigenvalue weighted by Crippen LogP contribution is -2.24. The molecule has 0 aliphatic heterocycles. The molecule has 0 N–H and O–H groups in total. The van der Waals surface area contributed by atoms with E-state index in [2.05, 4.69) is 67.5 Å². The third-order valence-electron chi connectivity index (χ3n) is 9.42. The second-order valence-corrected chi connectivity index (χ2v) is 13.2. The number of hydrogen-bond acceptors (Lipinski definition) is 0. The Balaban J connectivity index is 0.000000558. The Labute approximate surface area is 224 Å². The van der Waals surface area contributed by atoms with Crippen molar-refractivity contribution in [2.45, 2.75) is 184 Å². The van der Waals surface area contributed by atoms with Gasteiger partial charge >= 0.3 is 0 Å². The van der Waals surface area contributed by atoms with Crippen molar-refractivity contribution in [1.29, 1.82) is 0 Å². The van der Waals surface area contributed by atoms with Crippen LogP contribution in [0.5, 0.6) is 0 Å². The summed E-state index contributed by atoms with van der Waals surface area (Å²) in [5, 5.41) is 0. The fourth-order valence-corrected chi connectivity index (χ4v) is 5.38. The van der Waals surface area contributed by atoms with Crippen LogP contribution >= 0.6 is 0 Å². The number of rotatable bonds is 13. The van der Waals surface area contributed by atoms with Crippen LogP contribution in [0.25, 0.3) is 0 Å². The zero-order valence-corrected chi connectivity index (χ0v) is 26.1. The van der Waals surface area contributed by atoms with E-state index in [1.165, 1.54) is 128 Å². The van der Waals surface area contributed by atoms with Gasteiger partial charge in [0.15, 0.2) is 0 Å². The van der Waals surface area contributed by atoms with Gasteiger partial charge in [0.05, 0.1) is 0 Å². The molecule has 0 heteroatoms. The fraction of sp³-hybridized carbons (Fsp3) is 0.943. The molecular formula is C35H70. The Kier molecular flexibility index (Phi) is 22.7. The first-order chi connectivity index (χ1) is 16.7. The summed E-state index contributed by atoms with van der Waals surface area (Å²) in [6.45, 7) is 18.8. The van der Waals surface area contributed by atoms with E-state index in [9.17, 15) is 0 Å². The Morgan fingerprint density at radius 2 is 1.17 bits per heavy atom. The minimum atomic E-state index is 0.637. The van der Waals surface area contributed by atoms with Gasteiger partial charge < -0.3 is 0 Å². The zero-order valence-electron chi connectivity index (χ0n) is 26.1. The maximum absolute atomic E-state index is 2.40. The Bertz CT molecular complexity index is 449. The Morgan fingerprint density at radius 1 is 0.686 bits per heavy atom. The van der Waals surface area contributed by atoms with E-state index in [1.54, 1.807) is 0 Å². The van der Waals surface area contributed by atoms with Crippen molar-refractivity contribution in [1.82, 2.24) is 0 Å². The van der Waals surface area contributed by atoms with Crippen LogP contribution in [0.2, 0.25) is 0 Å². The van der Waals surface area contributed by atoms with Gasteiger partial charge in [-0.3, -0.25) is 0 Å². The average molecular weight is 491 g/mol. The fourth-order valence-electron chi connectivity index (χ4n) is 5.38. The molecule has 0 amide bonds. The maximum atomic E-state index is 2.40. The molecule has 2 aliphatic carbocycles. The minimum Gasteiger partial charge on any atom is -0.0883 e.